The van der Waals surface area contributed by atoms with Crippen LogP contribution in [0.3, 0.4) is 0 Å². The van der Waals surface area contributed by atoms with Crippen LogP contribution in [-0.4, -0.2) is 42.4 Å². The van der Waals surface area contributed by atoms with E-state index >= 15 is 0 Å². The van der Waals surface area contributed by atoms with Gasteiger partial charge in [0.05, 0.1) is 11.3 Å². The summed E-state index contributed by atoms with van der Waals surface area (Å²) in [7, 11) is 0. The Balaban J connectivity index is 1.56. The fraction of sp³-hybridized carbons (Fsp3) is 0.500. The molecular formula is C18H21ClN2O4. The summed E-state index contributed by atoms with van der Waals surface area (Å²) in [6.45, 7) is 0.552. The smallest absolute Gasteiger partial charge is 0.317 e. The SMILES string of the molecule is NC(=O)[C@@H]1CCCN(C(=O)COC(=O)C2(c3ccc(Cl)cc3)CC2)C1. The van der Waals surface area contributed by atoms with Crippen LogP contribution in [0.25, 0.3) is 0 Å². The molecule has 1 aliphatic heterocycles. The van der Waals surface area contributed by atoms with Gasteiger partial charge in [-0.05, 0) is 43.4 Å². The number of carbonyl (C=O) groups is 3. The third-order valence-corrected chi connectivity index (χ3v) is 5.29. The van der Waals surface area contributed by atoms with Crippen molar-refractivity contribution >= 4 is 29.4 Å². The molecule has 1 heterocycles. The predicted octanol–water partition coefficient (Wildman–Crippen LogP) is 1.64. The highest BCUT2D eigenvalue weighted by Gasteiger charge is 2.53. The molecule has 1 aromatic rings. The first kappa shape index (κ1) is 17.7. The van der Waals surface area contributed by atoms with E-state index < -0.39 is 11.3 Å². The third-order valence-electron chi connectivity index (χ3n) is 5.04. The van der Waals surface area contributed by atoms with Gasteiger partial charge in [0.1, 0.15) is 0 Å². The highest BCUT2D eigenvalue weighted by molar-refractivity contribution is 6.30. The number of ether oxygens (including phenoxy) is 1. The topological polar surface area (TPSA) is 89.7 Å². The van der Waals surface area contributed by atoms with Crippen LogP contribution < -0.4 is 5.73 Å². The van der Waals surface area contributed by atoms with Crippen LogP contribution in [0.2, 0.25) is 5.02 Å². The Bertz CT molecular complexity index is 685. The fourth-order valence-electron chi connectivity index (χ4n) is 3.30. The average Bonchev–Trinajstić information content (AvgIpc) is 3.42. The van der Waals surface area contributed by atoms with E-state index in [0.717, 1.165) is 12.0 Å². The van der Waals surface area contributed by atoms with E-state index in [2.05, 4.69) is 0 Å². The maximum atomic E-state index is 12.5. The van der Waals surface area contributed by atoms with Crippen molar-refractivity contribution in [2.75, 3.05) is 19.7 Å². The van der Waals surface area contributed by atoms with Crippen LogP contribution in [-0.2, 0) is 24.5 Å². The standard InChI is InChI=1S/C18H21ClN2O4/c19-14-5-3-13(4-6-14)18(7-8-18)17(24)25-11-15(22)21-9-1-2-12(10-21)16(20)23/h3-6,12H,1-2,7-11H2,(H2,20,23)/t12-/m1/s1. The van der Waals surface area contributed by atoms with E-state index in [1.165, 1.54) is 0 Å². The van der Waals surface area contributed by atoms with Gasteiger partial charge in [0.2, 0.25) is 5.91 Å². The summed E-state index contributed by atoms with van der Waals surface area (Å²) in [5.41, 5.74) is 5.53. The van der Waals surface area contributed by atoms with E-state index in [0.29, 0.717) is 37.4 Å². The highest BCUT2D eigenvalue weighted by Crippen LogP contribution is 2.49. The van der Waals surface area contributed by atoms with Crippen LogP contribution in [0.4, 0.5) is 0 Å². The lowest BCUT2D eigenvalue weighted by atomic mass is 9.96. The first-order valence-electron chi connectivity index (χ1n) is 8.43. The normalized spacial score (nSPS) is 21.5. The number of nitrogens with zero attached hydrogens (tertiary/aromatic N) is 1. The summed E-state index contributed by atoms with van der Waals surface area (Å²) in [6.07, 6.45) is 2.82. The van der Waals surface area contributed by atoms with Crippen LogP contribution in [0, 0.1) is 5.92 Å². The molecule has 25 heavy (non-hydrogen) atoms. The Morgan fingerprint density at radius 1 is 1.24 bits per heavy atom. The van der Waals surface area contributed by atoms with Crippen molar-refractivity contribution in [3.63, 3.8) is 0 Å². The molecule has 1 atom stereocenters. The number of primary amides is 1. The van der Waals surface area contributed by atoms with E-state index in [9.17, 15) is 14.4 Å². The molecule has 2 aliphatic rings. The maximum Gasteiger partial charge on any atom is 0.317 e. The van der Waals surface area contributed by atoms with Crippen molar-refractivity contribution in [1.82, 2.24) is 4.90 Å². The Hall–Kier alpha value is -2.08. The van der Waals surface area contributed by atoms with Crippen LogP contribution >= 0.6 is 11.6 Å². The quantitative estimate of drug-likeness (QED) is 0.804. The van der Waals surface area contributed by atoms with Gasteiger partial charge in [-0.1, -0.05) is 23.7 Å². The second-order valence-corrected chi connectivity index (χ2v) is 7.18. The Labute approximate surface area is 151 Å². The number of carbonyl (C=O) groups excluding carboxylic acids is 3. The predicted molar refractivity (Wildman–Crippen MR) is 91.8 cm³/mol. The van der Waals surface area contributed by atoms with Gasteiger partial charge in [-0.15, -0.1) is 0 Å². The summed E-state index contributed by atoms with van der Waals surface area (Å²) >= 11 is 5.89. The summed E-state index contributed by atoms with van der Waals surface area (Å²) in [4.78, 5) is 37.6. The Morgan fingerprint density at radius 2 is 1.92 bits per heavy atom. The molecular weight excluding hydrogens is 344 g/mol. The average molecular weight is 365 g/mol. The van der Waals surface area contributed by atoms with E-state index in [1.54, 1.807) is 17.0 Å². The molecule has 1 aliphatic carbocycles. The molecule has 1 saturated heterocycles. The summed E-state index contributed by atoms with van der Waals surface area (Å²) in [6, 6.07) is 7.13. The summed E-state index contributed by atoms with van der Waals surface area (Å²) in [5, 5.41) is 0.609. The zero-order valence-corrected chi connectivity index (χ0v) is 14.6. The van der Waals surface area contributed by atoms with Crippen molar-refractivity contribution in [3.8, 4) is 0 Å². The van der Waals surface area contributed by atoms with E-state index in [1.807, 2.05) is 12.1 Å². The lowest BCUT2D eigenvalue weighted by Crippen LogP contribution is -2.45. The zero-order valence-electron chi connectivity index (χ0n) is 13.9. The Kier molecular flexibility index (Phi) is 4.99. The van der Waals surface area contributed by atoms with Crippen LogP contribution in [0.15, 0.2) is 24.3 Å². The van der Waals surface area contributed by atoms with Gasteiger partial charge in [-0.2, -0.15) is 0 Å². The van der Waals surface area contributed by atoms with E-state index in [4.69, 9.17) is 22.1 Å². The molecule has 3 rings (SSSR count). The third kappa shape index (κ3) is 3.79. The number of esters is 1. The molecule has 1 saturated carbocycles. The number of hydrogen-bond acceptors (Lipinski definition) is 4. The van der Waals surface area contributed by atoms with Gasteiger partial charge in [0, 0.05) is 18.1 Å². The lowest BCUT2D eigenvalue weighted by molar-refractivity contribution is -0.155. The minimum absolute atomic E-state index is 0.286. The number of hydrogen-bond donors (Lipinski definition) is 1. The zero-order chi connectivity index (χ0) is 18.0. The van der Waals surface area contributed by atoms with Gasteiger partial charge in [0.15, 0.2) is 6.61 Å². The number of nitrogens with two attached hydrogens (primary N) is 1. The van der Waals surface area contributed by atoms with Crippen molar-refractivity contribution in [1.29, 1.82) is 0 Å². The van der Waals surface area contributed by atoms with E-state index in [-0.39, 0.29) is 24.4 Å². The molecule has 0 spiro atoms. The molecule has 1 aromatic carbocycles. The number of likely N-dealkylation sites (tertiary alicyclic amines) is 1. The van der Waals surface area contributed by atoms with Crippen LogP contribution in [0.5, 0.6) is 0 Å². The van der Waals surface area contributed by atoms with Gasteiger partial charge in [-0.25, -0.2) is 0 Å². The molecule has 0 radical (unpaired) electrons. The number of amides is 2. The molecule has 0 bridgehead atoms. The number of halogens is 1. The number of rotatable bonds is 5. The minimum atomic E-state index is -0.650. The second-order valence-electron chi connectivity index (χ2n) is 6.75. The second kappa shape index (κ2) is 7.04. The van der Waals surface area contributed by atoms with Gasteiger partial charge >= 0.3 is 5.97 Å². The molecule has 2 amide bonds. The summed E-state index contributed by atoms with van der Waals surface area (Å²) in [5.74, 6) is -1.38. The Morgan fingerprint density at radius 3 is 2.52 bits per heavy atom. The molecule has 6 nitrogen and oxygen atoms in total. The van der Waals surface area contributed by atoms with Crippen molar-refractivity contribution in [2.24, 2.45) is 11.7 Å². The first-order valence-corrected chi connectivity index (χ1v) is 8.80. The lowest BCUT2D eigenvalue weighted by Gasteiger charge is -2.31. The maximum absolute atomic E-state index is 12.5. The molecule has 7 heteroatoms. The largest absolute Gasteiger partial charge is 0.455 e. The molecule has 2 fully saturated rings. The molecule has 2 N–H and O–H groups in total. The van der Waals surface area contributed by atoms with Gasteiger partial charge in [-0.3, -0.25) is 14.4 Å². The van der Waals surface area contributed by atoms with Crippen molar-refractivity contribution in [2.45, 2.75) is 31.1 Å². The van der Waals surface area contributed by atoms with Crippen LogP contribution in [0.1, 0.15) is 31.2 Å². The first-order chi connectivity index (χ1) is 11.9. The fourth-order valence-corrected chi connectivity index (χ4v) is 3.42. The molecule has 0 aromatic heterocycles. The summed E-state index contributed by atoms with van der Waals surface area (Å²) < 4.78 is 5.29. The van der Waals surface area contributed by atoms with Gasteiger partial charge in [0.25, 0.3) is 5.91 Å². The van der Waals surface area contributed by atoms with Crippen molar-refractivity contribution < 1.29 is 19.1 Å². The number of benzene rings is 1. The molecule has 0 unspecified atom stereocenters. The number of piperidine rings is 1. The van der Waals surface area contributed by atoms with Crippen molar-refractivity contribution in [3.05, 3.63) is 34.9 Å². The molecule has 134 valence electrons. The highest BCUT2D eigenvalue weighted by atomic mass is 35.5. The minimum Gasteiger partial charge on any atom is -0.455 e. The van der Waals surface area contributed by atoms with Gasteiger partial charge < -0.3 is 15.4 Å². The monoisotopic (exact) mass is 364 g/mol.